The summed E-state index contributed by atoms with van der Waals surface area (Å²) in [7, 11) is -8.66. The Morgan fingerprint density at radius 1 is 0.500 bits per heavy atom. The molecular weight excluding hydrogens is 601 g/mol. The van der Waals surface area contributed by atoms with Crippen molar-refractivity contribution < 1.29 is 31.2 Å². The molecule has 2 aliphatic rings. The standard InChI is InChI=1S/C33H28N2O7S2/c36-31(29-27(23-13-5-1-6-14-23)21-34(32(29)37)43(39,40)25-17-9-3-10-18-25)30-28(24-15-7-2-8-16-24)22-35(33(30)38)44(41,42)26-19-11-4-12-20-26/h1-20,27-30H,21-22H2. The molecule has 44 heavy (non-hydrogen) atoms. The van der Waals surface area contributed by atoms with E-state index in [9.17, 15) is 31.2 Å². The molecule has 0 radical (unpaired) electrons. The predicted molar refractivity (Wildman–Crippen MR) is 161 cm³/mol. The SMILES string of the molecule is O=C(C1C(=O)N(S(=O)(=O)c2ccccc2)CC1c1ccccc1)C1C(=O)N(S(=O)(=O)c2ccccc2)CC1c1ccccc1. The lowest BCUT2D eigenvalue weighted by Gasteiger charge is -2.22. The van der Waals surface area contributed by atoms with Gasteiger partial charge in [0.05, 0.1) is 9.79 Å². The van der Waals surface area contributed by atoms with Crippen LogP contribution in [0.5, 0.6) is 0 Å². The number of ketones is 1. The Hall–Kier alpha value is -4.61. The van der Waals surface area contributed by atoms with E-state index in [1.54, 1.807) is 72.8 Å². The number of amides is 2. The van der Waals surface area contributed by atoms with Crippen LogP contribution in [0, 0.1) is 11.8 Å². The number of carbonyl (C=O) groups excluding carboxylic acids is 3. The number of carbonyl (C=O) groups is 3. The summed E-state index contributed by atoms with van der Waals surface area (Å²) in [6, 6.07) is 32.1. The highest BCUT2D eigenvalue weighted by Crippen LogP contribution is 2.44. The molecule has 2 amide bonds. The molecule has 4 aromatic rings. The van der Waals surface area contributed by atoms with Crippen molar-refractivity contribution in [1.82, 2.24) is 8.61 Å². The third kappa shape index (κ3) is 5.01. The molecule has 6 rings (SSSR count). The smallest absolute Gasteiger partial charge is 0.266 e. The van der Waals surface area contributed by atoms with E-state index >= 15 is 0 Å². The maximum atomic E-state index is 14.6. The van der Waals surface area contributed by atoms with Crippen LogP contribution in [0.4, 0.5) is 0 Å². The first-order chi connectivity index (χ1) is 21.1. The Labute approximate surface area is 255 Å². The molecule has 0 aromatic heterocycles. The molecule has 4 unspecified atom stereocenters. The maximum absolute atomic E-state index is 14.6. The Morgan fingerprint density at radius 2 is 0.795 bits per heavy atom. The van der Waals surface area contributed by atoms with Crippen molar-refractivity contribution >= 4 is 37.6 Å². The van der Waals surface area contributed by atoms with Crippen LogP contribution in [-0.4, -0.2) is 56.1 Å². The minimum Gasteiger partial charge on any atom is -0.298 e. The highest BCUT2D eigenvalue weighted by atomic mass is 32.2. The molecule has 4 aromatic carbocycles. The largest absolute Gasteiger partial charge is 0.298 e. The molecule has 0 N–H and O–H groups in total. The van der Waals surface area contributed by atoms with Crippen LogP contribution in [-0.2, 0) is 34.4 Å². The van der Waals surface area contributed by atoms with Crippen molar-refractivity contribution in [2.24, 2.45) is 11.8 Å². The zero-order chi connectivity index (χ0) is 31.1. The Balaban J connectivity index is 1.44. The number of sulfonamides is 2. The monoisotopic (exact) mass is 628 g/mol. The van der Waals surface area contributed by atoms with Gasteiger partial charge >= 0.3 is 0 Å². The maximum Gasteiger partial charge on any atom is 0.266 e. The van der Waals surface area contributed by atoms with Crippen molar-refractivity contribution in [3.63, 3.8) is 0 Å². The van der Waals surface area contributed by atoms with Crippen LogP contribution in [0.3, 0.4) is 0 Å². The van der Waals surface area contributed by atoms with Gasteiger partial charge in [-0.25, -0.2) is 25.4 Å². The van der Waals surface area contributed by atoms with Gasteiger partial charge in [-0.2, -0.15) is 0 Å². The van der Waals surface area contributed by atoms with Crippen molar-refractivity contribution in [2.75, 3.05) is 13.1 Å². The van der Waals surface area contributed by atoms with Crippen molar-refractivity contribution in [3.05, 3.63) is 132 Å². The van der Waals surface area contributed by atoms with E-state index in [0.29, 0.717) is 19.7 Å². The summed E-state index contributed by atoms with van der Waals surface area (Å²) in [6.07, 6.45) is 0. The Bertz CT molecular complexity index is 1780. The molecular formula is C33H28N2O7S2. The fourth-order valence-electron chi connectivity index (χ4n) is 6.10. The molecule has 2 saturated heterocycles. The van der Waals surface area contributed by atoms with E-state index in [4.69, 9.17) is 0 Å². The van der Waals surface area contributed by atoms with Crippen molar-refractivity contribution in [2.45, 2.75) is 21.6 Å². The third-order valence-electron chi connectivity index (χ3n) is 8.28. The molecule has 2 aliphatic heterocycles. The summed E-state index contributed by atoms with van der Waals surface area (Å²) >= 11 is 0. The average Bonchev–Trinajstić information content (AvgIpc) is 3.60. The molecule has 2 fully saturated rings. The van der Waals surface area contributed by atoms with E-state index in [-0.39, 0.29) is 22.9 Å². The molecule has 0 spiro atoms. The highest BCUT2D eigenvalue weighted by molar-refractivity contribution is 7.90. The molecule has 0 aliphatic carbocycles. The van der Waals surface area contributed by atoms with Crippen LogP contribution < -0.4 is 0 Å². The first-order valence-corrected chi connectivity index (χ1v) is 16.9. The summed E-state index contributed by atoms with van der Waals surface area (Å²) in [5.74, 6) is -7.55. The van der Waals surface area contributed by atoms with E-state index in [0.717, 1.165) is 0 Å². The van der Waals surface area contributed by atoms with Gasteiger partial charge in [0, 0.05) is 24.9 Å². The zero-order valence-corrected chi connectivity index (χ0v) is 25.0. The molecule has 9 nitrogen and oxygen atoms in total. The van der Waals surface area contributed by atoms with Gasteiger partial charge in [-0.3, -0.25) is 14.4 Å². The van der Waals surface area contributed by atoms with E-state index < -0.39 is 61.3 Å². The minimum absolute atomic E-state index is 0.104. The second-order valence-corrected chi connectivity index (χ2v) is 14.5. The molecule has 224 valence electrons. The summed E-state index contributed by atoms with van der Waals surface area (Å²) in [4.78, 5) is 42.4. The van der Waals surface area contributed by atoms with Crippen LogP contribution >= 0.6 is 0 Å². The first kappa shape index (κ1) is 29.5. The highest BCUT2D eigenvalue weighted by Gasteiger charge is 2.57. The van der Waals surface area contributed by atoms with E-state index in [2.05, 4.69) is 0 Å². The molecule has 11 heteroatoms. The van der Waals surface area contributed by atoms with E-state index in [1.165, 1.54) is 48.5 Å². The fraction of sp³-hybridized carbons (Fsp3) is 0.182. The minimum atomic E-state index is -4.33. The quantitative estimate of drug-likeness (QED) is 0.272. The normalized spacial score (nSPS) is 22.4. The second-order valence-electron chi connectivity index (χ2n) is 10.8. The molecule has 0 bridgehead atoms. The zero-order valence-electron chi connectivity index (χ0n) is 23.3. The van der Waals surface area contributed by atoms with Gasteiger partial charge < -0.3 is 0 Å². The van der Waals surface area contributed by atoms with E-state index in [1.807, 2.05) is 0 Å². The van der Waals surface area contributed by atoms with Gasteiger partial charge in [-0.1, -0.05) is 97.1 Å². The van der Waals surface area contributed by atoms with Crippen LogP contribution in [0.2, 0.25) is 0 Å². The lowest BCUT2D eigenvalue weighted by atomic mass is 9.76. The van der Waals surface area contributed by atoms with Crippen LogP contribution in [0.1, 0.15) is 23.0 Å². The lowest BCUT2D eigenvalue weighted by molar-refractivity contribution is -0.140. The van der Waals surface area contributed by atoms with Gasteiger partial charge in [0.15, 0.2) is 5.78 Å². The van der Waals surface area contributed by atoms with Gasteiger partial charge in [0.2, 0.25) is 11.8 Å². The van der Waals surface area contributed by atoms with Crippen LogP contribution in [0.15, 0.2) is 131 Å². The van der Waals surface area contributed by atoms with Crippen LogP contribution in [0.25, 0.3) is 0 Å². The fourth-order valence-corrected chi connectivity index (χ4v) is 9.03. The second kappa shape index (κ2) is 11.5. The molecule has 2 heterocycles. The number of rotatable bonds is 8. The summed E-state index contributed by atoms with van der Waals surface area (Å²) < 4.78 is 56.0. The number of benzene rings is 4. The topological polar surface area (TPSA) is 126 Å². The predicted octanol–water partition coefficient (Wildman–Crippen LogP) is 3.82. The average molecular weight is 629 g/mol. The molecule has 4 atom stereocenters. The first-order valence-electron chi connectivity index (χ1n) is 14.0. The Kier molecular flexibility index (Phi) is 7.68. The van der Waals surface area contributed by atoms with Crippen molar-refractivity contribution in [1.29, 1.82) is 0 Å². The summed E-state index contributed by atoms with van der Waals surface area (Å²) in [5, 5.41) is 0. The molecule has 0 saturated carbocycles. The van der Waals surface area contributed by atoms with Gasteiger partial charge in [0.25, 0.3) is 20.0 Å². The lowest BCUT2D eigenvalue weighted by Crippen LogP contribution is -2.41. The third-order valence-corrected chi connectivity index (χ3v) is 11.8. The number of Topliss-reactive ketones (excluding diaryl/α,β-unsaturated/α-hetero) is 1. The Morgan fingerprint density at radius 3 is 1.11 bits per heavy atom. The van der Waals surface area contributed by atoms with Crippen molar-refractivity contribution in [3.8, 4) is 0 Å². The number of hydrogen-bond donors (Lipinski definition) is 0. The number of hydrogen-bond acceptors (Lipinski definition) is 7. The van der Waals surface area contributed by atoms with Gasteiger partial charge in [0.1, 0.15) is 11.8 Å². The summed E-state index contributed by atoms with van der Waals surface area (Å²) in [5.41, 5.74) is 1.11. The van der Waals surface area contributed by atoms with Gasteiger partial charge in [-0.15, -0.1) is 0 Å². The summed E-state index contributed by atoms with van der Waals surface area (Å²) in [6.45, 7) is -0.612. The van der Waals surface area contributed by atoms with Gasteiger partial charge in [-0.05, 0) is 35.4 Å². The number of nitrogens with zero attached hydrogens (tertiary/aromatic N) is 2.